The first-order valence-corrected chi connectivity index (χ1v) is 8.78. The summed E-state index contributed by atoms with van der Waals surface area (Å²) < 4.78 is 4.60. The van der Waals surface area contributed by atoms with Gasteiger partial charge < -0.3 is 5.32 Å². The molecule has 1 aromatic carbocycles. The van der Waals surface area contributed by atoms with E-state index >= 15 is 0 Å². The first-order chi connectivity index (χ1) is 11.7. The molecule has 24 heavy (non-hydrogen) atoms. The maximum atomic E-state index is 12.8. The molecule has 0 bridgehead atoms. The number of anilines is 1. The zero-order valence-electron chi connectivity index (χ0n) is 13.3. The van der Waals surface area contributed by atoms with Crippen molar-refractivity contribution in [3.63, 3.8) is 0 Å². The van der Waals surface area contributed by atoms with Crippen LogP contribution in [0.15, 0.2) is 48.7 Å². The normalized spacial score (nSPS) is 13.7. The van der Waals surface area contributed by atoms with Crippen molar-refractivity contribution in [2.75, 3.05) is 5.32 Å². The van der Waals surface area contributed by atoms with Crippen LogP contribution in [0.25, 0.3) is 11.3 Å². The molecule has 2 heterocycles. The Hall–Kier alpha value is -2.53. The molecule has 3 aromatic rings. The number of aromatic nitrogens is 2. The second kappa shape index (κ2) is 6.17. The molecule has 0 unspecified atom stereocenters. The monoisotopic (exact) mass is 335 g/mol. The fraction of sp³-hybridized carbons (Fsp3) is 0.211. The summed E-state index contributed by atoms with van der Waals surface area (Å²) in [6, 6.07) is 13.8. The summed E-state index contributed by atoms with van der Waals surface area (Å²) in [7, 11) is 0. The summed E-state index contributed by atoms with van der Waals surface area (Å²) in [5, 5.41) is 2.98. The van der Waals surface area contributed by atoms with E-state index < -0.39 is 0 Å². The first kappa shape index (κ1) is 15.0. The number of benzene rings is 1. The van der Waals surface area contributed by atoms with Gasteiger partial charge in [0.05, 0.1) is 5.69 Å². The Balaban J connectivity index is 1.68. The summed E-state index contributed by atoms with van der Waals surface area (Å²) in [6.07, 6.45) is 3.97. The van der Waals surface area contributed by atoms with Crippen molar-refractivity contribution in [3.8, 4) is 11.3 Å². The molecule has 120 valence electrons. The fourth-order valence-electron chi connectivity index (χ4n) is 2.83. The number of hydrogen-bond acceptors (Lipinski definition) is 4. The molecule has 0 aliphatic heterocycles. The van der Waals surface area contributed by atoms with Crippen LogP contribution in [-0.2, 0) is 0 Å². The SMILES string of the molecule is Cc1cc(NC(=O)c2snc(-c3ccccc3)c2C2CC2)ccn1. The Morgan fingerprint density at radius 1 is 1.21 bits per heavy atom. The predicted molar refractivity (Wildman–Crippen MR) is 96.5 cm³/mol. The summed E-state index contributed by atoms with van der Waals surface area (Å²) in [4.78, 5) is 17.6. The predicted octanol–water partition coefficient (Wildman–Crippen LogP) is 4.64. The fourth-order valence-corrected chi connectivity index (χ4v) is 3.71. The maximum absolute atomic E-state index is 12.8. The van der Waals surface area contributed by atoms with Gasteiger partial charge in [-0.25, -0.2) is 0 Å². The Morgan fingerprint density at radius 2 is 2.00 bits per heavy atom. The zero-order chi connectivity index (χ0) is 16.5. The van der Waals surface area contributed by atoms with Gasteiger partial charge in [0.2, 0.25) is 0 Å². The summed E-state index contributed by atoms with van der Waals surface area (Å²) in [5.41, 5.74) is 4.79. The molecule has 0 radical (unpaired) electrons. The van der Waals surface area contributed by atoms with E-state index in [1.165, 1.54) is 11.5 Å². The average Bonchev–Trinajstić information content (AvgIpc) is 3.33. The zero-order valence-corrected chi connectivity index (χ0v) is 14.1. The number of hydrogen-bond donors (Lipinski definition) is 1. The lowest BCUT2D eigenvalue weighted by atomic mass is 10.0. The molecule has 1 fully saturated rings. The molecule has 0 spiro atoms. The number of carbonyl (C=O) groups is 1. The minimum absolute atomic E-state index is 0.0813. The molecule has 1 saturated carbocycles. The van der Waals surface area contributed by atoms with Crippen molar-refractivity contribution in [3.05, 3.63) is 64.8 Å². The Kier molecular flexibility index (Phi) is 3.86. The third kappa shape index (κ3) is 2.95. The van der Waals surface area contributed by atoms with Crippen molar-refractivity contribution < 1.29 is 4.79 Å². The molecule has 4 nitrogen and oxygen atoms in total. The Morgan fingerprint density at radius 3 is 2.71 bits per heavy atom. The smallest absolute Gasteiger partial charge is 0.267 e. The second-order valence-electron chi connectivity index (χ2n) is 6.05. The topological polar surface area (TPSA) is 54.9 Å². The highest BCUT2D eigenvalue weighted by atomic mass is 32.1. The highest BCUT2D eigenvalue weighted by Crippen LogP contribution is 2.47. The molecular weight excluding hydrogens is 318 g/mol. The van der Waals surface area contributed by atoms with E-state index in [0.29, 0.717) is 5.92 Å². The number of aryl methyl sites for hydroxylation is 1. The van der Waals surface area contributed by atoms with E-state index in [4.69, 9.17) is 0 Å². The van der Waals surface area contributed by atoms with Gasteiger partial charge in [-0.1, -0.05) is 30.3 Å². The van der Waals surface area contributed by atoms with Gasteiger partial charge in [0.25, 0.3) is 5.91 Å². The lowest BCUT2D eigenvalue weighted by Crippen LogP contribution is -2.12. The molecular formula is C19H17N3OS. The van der Waals surface area contributed by atoms with Crippen molar-refractivity contribution in [2.45, 2.75) is 25.7 Å². The molecule has 1 amide bonds. The molecule has 0 saturated heterocycles. The van der Waals surface area contributed by atoms with Gasteiger partial charge in [-0.15, -0.1) is 0 Å². The van der Waals surface area contributed by atoms with Crippen LogP contribution in [0.5, 0.6) is 0 Å². The van der Waals surface area contributed by atoms with E-state index in [2.05, 4.69) is 26.8 Å². The third-order valence-corrected chi connectivity index (χ3v) is 4.98. The standard InChI is InChI=1S/C19H17N3OS/c1-12-11-15(9-10-20-12)21-19(23)18-16(13-7-8-13)17(22-24-18)14-5-3-2-4-6-14/h2-6,9-11,13H,7-8H2,1H3,(H,20,21,23). The highest BCUT2D eigenvalue weighted by molar-refractivity contribution is 7.08. The van der Waals surface area contributed by atoms with Crippen LogP contribution in [0.2, 0.25) is 0 Å². The van der Waals surface area contributed by atoms with Gasteiger partial charge in [-0.3, -0.25) is 9.78 Å². The third-order valence-electron chi connectivity index (χ3n) is 4.12. The van der Waals surface area contributed by atoms with Crippen molar-refractivity contribution in [2.24, 2.45) is 0 Å². The van der Waals surface area contributed by atoms with E-state index in [0.717, 1.165) is 45.9 Å². The molecule has 2 aromatic heterocycles. The van der Waals surface area contributed by atoms with Gasteiger partial charge in [0, 0.05) is 28.7 Å². The molecule has 1 aliphatic carbocycles. The number of pyridine rings is 1. The number of rotatable bonds is 4. The van der Waals surface area contributed by atoms with Crippen LogP contribution in [0.4, 0.5) is 5.69 Å². The van der Waals surface area contributed by atoms with Gasteiger partial charge in [0.15, 0.2) is 0 Å². The van der Waals surface area contributed by atoms with Crippen LogP contribution < -0.4 is 5.32 Å². The molecule has 5 heteroatoms. The van der Waals surface area contributed by atoms with Gasteiger partial charge in [-0.2, -0.15) is 4.37 Å². The molecule has 1 N–H and O–H groups in total. The lowest BCUT2D eigenvalue weighted by Gasteiger charge is -2.07. The van der Waals surface area contributed by atoms with Gasteiger partial charge in [-0.05, 0) is 49.3 Å². The van der Waals surface area contributed by atoms with Gasteiger partial charge >= 0.3 is 0 Å². The van der Waals surface area contributed by atoms with E-state index in [1.54, 1.807) is 12.3 Å². The Labute approximate surface area is 144 Å². The van der Waals surface area contributed by atoms with Crippen molar-refractivity contribution in [1.82, 2.24) is 9.36 Å². The maximum Gasteiger partial charge on any atom is 0.267 e. The van der Waals surface area contributed by atoms with Crippen LogP contribution in [0, 0.1) is 6.92 Å². The molecule has 4 rings (SSSR count). The quantitative estimate of drug-likeness (QED) is 0.755. The minimum Gasteiger partial charge on any atom is -0.321 e. The van der Waals surface area contributed by atoms with E-state index in [-0.39, 0.29) is 5.91 Å². The number of carbonyl (C=O) groups excluding carboxylic acids is 1. The second-order valence-corrected chi connectivity index (χ2v) is 6.83. The average molecular weight is 335 g/mol. The summed E-state index contributed by atoms with van der Waals surface area (Å²) in [6.45, 7) is 1.91. The Bertz CT molecular complexity index is 885. The van der Waals surface area contributed by atoms with E-state index in [9.17, 15) is 4.79 Å². The number of nitrogens with zero attached hydrogens (tertiary/aromatic N) is 2. The largest absolute Gasteiger partial charge is 0.321 e. The van der Waals surface area contributed by atoms with Crippen LogP contribution in [-0.4, -0.2) is 15.3 Å². The lowest BCUT2D eigenvalue weighted by molar-refractivity contribution is 0.102. The van der Waals surface area contributed by atoms with Crippen LogP contribution in [0.1, 0.15) is 39.7 Å². The minimum atomic E-state index is -0.0813. The van der Waals surface area contributed by atoms with Crippen molar-refractivity contribution >= 4 is 23.1 Å². The highest BCUT2D eigenvalue weighted by Gasteiger charge is 2.33. The van der Waals surface area contributed by atoms with Gasteiger partial charge in [0.1, 0.15) is 4.88 Å². The van der Waals surface area contributed by atoms with Crippen LogP contribution in [0.3, 0.4) is 0 Å². The first-order valence-electron chi connectivity index (χ1n) is 8.01. The molecule has 1 aliphatic rings. The molecule has 0 atom stereocenters. The number of nitrogens with one attached hydrogen (secondary N) is 1. The van der Waals surface area contributed by atoms with Crippen molar-refractivity contribution in [1.29, 1.82) is 0 Å². The summed E-state index contributed by atoms with van der Waals surface area (Å²) in [5.74, 6) is 0.376. The van der Waals surface area contributed by atoms with E-state index in [1.807, 2.05) is 31.2 Å². The summed E-state index contributed by atoms with van der Waals surface area (Å²) >= 11 is 1.29. The number of amides is 1. The van der Waals surface area contributed by atoms with Crippen LogP contribution >= 0.6 is 11.5 Å².